The van der Waals surface area contributed by atoms with Crippen LogP contribution in [0.2, 0.25) is 0 Å². The Balaban J connectivity index is 3.02. The highest BCUT2D eigenvalue weighted by atomic mass is 35.5. The van der Waals surface area contributed by atoms with E-state index >= 15 is 0 Å². The lowest BCUT2D eigenvalue weighted by molar-refractivity contribution is 0.133. The van der Waals surface area contributed by atoms with E-state index in [0.29, 0.717) is 0 Å². The molecule has 84 valence electrons. The SMILES string of the molecule is CO[Si](OC)(OCCl)c1ccc(C)cc1. The quantitative estimate of drug-likeness (QED) is 0.584. The maximum atomic E-state index is 5.58. The number of alkyl halides is 1. The summed E-state index contributed by atoms with van der Waals surface area (Å²) in [7, 11) is 0.369. The molecule has 0 saturated heterocycles. The summed E-state index contributed by atoms with van der Waals surface area (Å²) in [5, 5.41) is 0.916. The average molecular weight is 247 g/mol. The second kappa shape index (κ2) is 5.63. The molecule has 0 atom stereocenters. The first-order chi connectivity index (χ1) is 7.18. The van der Waals surface area contributed by atoms with Crippen molar-refractivity contribution in [2.45, 2.75) is 6.92 Å². The van der Waals surface area contributed by atoms with E-state index in [1.807, 2.05) is 31.2 Å². The molecule has 0 amide bonds. The number of halogens is 1. The van der Waals surface area contributed by atoms with Gasteiger partial charge in [0.1, 0.15) is 6.07 Å². The third kappa shape index (κ3) is 2.80. The van der Waals surface area contributed by atoms with Gasteiger partial charge < -0.3 is 13.3 Å². The molecular weight excluding hydrogens is 232 g/mol. The molecule has 15 heavy (non-hydrogen) atoms. The van der Waals surface area contributed by atoms with Gasteiger partial charge in [-0.1, -0.05) is 41.4 Å². The van der Waals surface area contributed by atoms with Gasteiger partial charge in [0.25, 0.3) is 0 Å². The summed E-state index contributed by atoms with van der Waals surface area (Å²) in [5.74, 6) is 0. The molecule has 3 nitrogen and oxygen atoms in total. The van der Waals surface area contributed by atoms with Crippen molar-refractivity contribution in [1.29, 1.82) is 0 Å². The lowest BCUT2D eigenvalue weighted by Gasteiger charge is -2.25. The molecule has 0 N–H and O–H groups in total. The van der Waals surface area contributed by atoms with Crippen LogP contribution in [0.15, 0.2) is 24.3 Å². The monoisotopic (exact) mass is 246 g/mol. The first kappa shape index (κ1) is 12.7. The fourth-order valence-corrected chi connectivity index (χ4v) is 3.54. The zero-order chi connectivity index (χ0) is 11.3. The predicted octanol–water partition coefficient (Wildman–Crippen LogP) is 1.65. The van der Waals surface area contributed by atoms with Crippen molar-refractivity contribution >= 4 is 25.6 Å². The van der Waals surface area contributed by atoms with Gasteiger partial charge in [-0.2, -0.15) is 0 Å². The molecule has 0 unspecified atom stereocenters. The molecule has 0 heterocycles. The smallest absolute Gasteiger partial charge is 0.373 e. The molecule has 0 aliphatic carbocycles. The average Bonchev–Trinajstić information content (AvgIpc) is 2.27. The second-order valence-electron chi connectivity index (χ2n) is 3.08. The van der Waals surface area contributed by atoms with Gasteiger partial charge in [-0.25, -0.2) is 0 Å². The molecule has 0 fully saturated rings. The van der Waals surface area contributed by atoms with E-state index < -0.39 is 8.80 Å². The van der Waals surface area contributed by atoms with Crippen LogP contribution in [0.4, 0.5) is 0 Å². The molecule has 1 aromatic rings. The molecule has 0 aromatic heterocycles. The van der Waals surface area contributed by atoms with E-state index in [9.17, 15) is 0 Å². The number of aryl methyl sites for hydroxylation is 1. The van der Waals surface area contributed by atoms with Gasteiger partial charge in [0, 0.05) is 19.4 Å². The summed E-state index contributed by atoms with van der Waals surface area (Å²) < 4.78 is 16.1. The van der Waals surface area contributed by atoms with Gasteiger partial charge in [-0.15, -0.1) is 0 Å². The molecule has 0 bridgehead atoms. The highest BCUT2D eigenvalue weighted by molar-refractivity contribution is 6.75. The van der Waals surface area contributed by atoms with Crippen LogP contribution in [0.5, 0.6) is 0 Å². The van der Waals surface area contributed by atoms with E-state index in [-0.39, 0.29) is 6.07 Å². The molecule has 1 rings (SSSR count). The Morgan fingerprint density at radius 1 is 1.13 bits per heavy atom. The molecule has 0 radical (unpaired) electrons. The van der Waals surface area contributed by atoms with Gasteiger partial charge in [0.2, 0.25) is 0 Å². The Morgan fingerprint density at radius 2 is 1.67 bits per heavy atom. The molecule has 5 heteroatoms. The normalized spacial score (nSPS) is 11.7. The summed E-state index contributed by atoms with van der Waals surface area (Å²) >= 11 is 5.58. The Hall–Kier alpha value is -0.393. The van der Waals surface area contributed by atoms with Crippen LogP contribution in [0.3, 0.4) is 0 Å². The number of benzene rings is 1. The van der Waals surface area contributed by atoms with Crippen LogP contribution >= 0.6 is 11.6 Å². The van der Waals surface area contributed by atoms with E-state index in [1.165, 1.54) is 5.56 Å². The van der Waals surface area contributed by atoms with Gasteiger partial charge in [0.05, 0.1) is 0 Å². The van der Waals surface area contributed by atoms with Crippen molar-refractivity contribution < 1.29 is 13.3 Å². The third-order valence-electron chi connectivity index (χ3n) is 2.19. The van der Waals surface area contributed by atoms with Crippen molar-refractivity contribution in [3.05, 3.63) is 29.8 Å². The van der Waals surface area contributed by atoms with Crippen molar-refractivity contribution in [3.8, 4) is 0 Å². The Labute approximate surface area is 96.3 Å². The first-order valence-corrected chi connectivity index (χ1v) is 6.82. The summed E-state index contributed by atoms with van der Waals surface area (Å²) in [6, 6.07) is 7.93. The molecule has 0 aliphatic rings. The summed E-state index contributed by atoms with van der Waals surface area (Å²) in [6.45, 7) is 2.02. The minimum absolute atomic E-state index is 0.0573. The fraction of sp³-hybridized carbons (Fsp3) is 0.400. The van der Waals surface area contributed by atoms with Crippen LogP contribution < -0.4 is 5.19 Å². The topological polar surface area (TPSA) is 27.7 Å². The van der Waals surface area contributed by atoms with Crippen LogP contribution in [-0.4, -0.2) is 29.1 Å². The predicted molar refractivity (Wildman–Crippen MR) is 62.4 cm³/mol. The van der Waals surface area contributed by atoms with Crippen LogP contribution in [0, 0.1) is 6.92 Å². The summed E-state index contributed by atoms with van der Waals surface area (Å²) in [5.41, 5.74) is 1.18. The largest absolute Gasteiger partial charge is 0.537 e. The van der Waals surface area contributed by atoms with Gasteiger partial charge >= 0.3 is 8.80 Å². The van der Waals surface area contributed by atoms with Crippen LogP contribution in [-0.2, 0) is 13.3 Å². The standard InChI is InChI=1S/C10H15ClO3Si/c1-9-4-6-10(7-5-9)15(12-2,13-3)14-8-11/h4-7H,8H2,1-3H3. The van der Waals surface area contributed by atoms with Crippen LogP contribution in [0.1, 0.15) is 5.56 Å². The van der Waals surface area contributed by atoms with Crippen molar-refractivity contribution in [2.24, 2.45) is 0 Å². The fourth-order valence-electron chi connectivity index (χ4n) is 1.35. The minimum Gasteiger partial charge on any atom is -0.373 e. The summed E-state index contributed by atoms with van der Waals surface area (Å²) in [6.07, 6.45) is 0. The molecule has 1 aromatic carbocycles. The highest BCUT2D eigenvalue weighted by Gasteiger charge is 2.41. The molecule has 0 spiro atoms. The van der Waals surface area contributed by atoms with E-state index in [4.69, 9.17) is 24.9 Å². The lowest BCUT2D eigenvalue weighted by atomic mass is 10.2. The van der Waals surface area contributed by atoms with E-state index in [1.54, 1.807) is 14.2 Å². The zero-order valence-electron chi connectivity index (χ0n) is 9.12. The molecule has 0 saturated carbocycles. The van der Waals surface area contributed by atoms with Crippen LogP contribution in [0.25, 0.3) is 0 Å². The maximum Gasteiger partial charge on any atom is 0.537 e. The van der Waals surface area contributed by atoms with Gasteiger partial charge in [-0.3, -0.25) is 0 Å². The Kier molecular flexibility index (Phi) is 4.75. The first-order valence-electron chi connectivity index (χ1n) is 4.56. The van der Waals surface area contributed by atoms with Crippen molar-refractivity contribution in [3.63, 3.8) is 0 Å². The van der Waals surface area contributed by atoms with E-state index in [0.717, 1.165) is 5.19 Å². The van der Waals surface area contributed by atoms with Gasteiger partial charge in [-0.05, 0) is 6.92 Å². The van der Waals surface area contributed by atoms with Crippen molar-refractivity contribution in [2.75, 3.05) is 20.3 Å². The van der Waals surface area contributed by atoms with E-state index in [2.05, 4.69) is 0 Å². The van der Waals surface area contributed by atoms with Gasteiger partial charge in [0.15, 0.2) is 0 Å². The molecular formula is C10H15ClO3Si. The van der Waals surface area contributed by atoms with Crippen molar-refractivity contribution in [1.82, 2.24) is 0 Å². The Bertz CT molecular complexity index is 298. The zero-order valence-corrected chi connectivity index (χ0v) is 10.9. The number of rotatable bonds is 5. The Morgan fingerprint density at radius 3 is 2.07 bits per heavy atom. The lowest BCUT2D eigenvalue weighted by Crippen LogP contribution is -2.55. The number of hydrogen-bond acceptors (Lipinski definition) is 3. The maximum absolute atomic E-state index is 5.58. The second-order valence-corrected chi connectivity index (χ2v) is 6.10. The third-order valence-corrected chi connectivity index (χ3v) is 5.12. The number of hydrogen-bond donors (Lipinski definition) is 0. The summed E-state index contributed by atoms with van der Waals surface area (Å²) in [4.78, 5) is 0. The highest BCUT2D eigenvalue weighted by Crippen LogP contribution is 2.09. The minimum atomic E-state index is -2.77. The molecule has 0 aliphatic heterocycles.